The Morgan fingerprint density at radius 1 is 0.806 bits per heavy atom. The Morgan fingerprint density at radius 3 is 2.39 bits per heavy atom. The van der Waals surface area contributed by atoms with Gasteiger partial charge >= 0.3 is 0 Å². The quantitative estimate of drug-likeness (QED) is 0.414. The molecule has 152 valence electrons. The number of benzene rings is 3. The molecule has 1 N–H and O–H groups in total. The van der Waals surface area contributed by atoms with E-state index in [9.17, 15) is 9.59 Å². The summed E-state index contributed by atoms with van der Waals surface area (Å²) in [7, 11) is 0. The normalized spacial score (nSPS) is 14.1. The molecule has 3 aromatic carbocycles. The molecule has 0 saturated carbocycles. The van der Waals surface area contributed by atoms with Gasteiger partial charge in [0.2, 0.25) is 0 Å². The Labute approximate surface area is 184 Å². The molecule has 5 heteroatoms. The zero-order valence-electron chi connectivity index (χ0n) is 17.2. The second kappa shape index (κ2) is 7.52. The monoisotopic (exact) mass is 424 g/mol. The molecule has 1 aliphatic heterocycles. The van der Waals surface area contributed by atoms with Gasteiger partial charge in [-0.1, -0.05) is 54.6 Å². The van der Waals surface area contributed by atoms with Gasteiger partial charge in [0.05, 0.1) is 11.3 Å². The minimum Gasteiger partial charge on any atom is -0.350 e. The molecule has 2 heterocycles. The second-order valence-corrected chi connectivity index (χ2v) is 8.49. The number of aryl methyl sites for hydroxylation is 1. The van der Waals surface area contributed by atoms with E-state index in [0.29, 0.717) is 17.0 Å². The van der Waals surface area contributed by atoms with Crippen molar-refractivity contribution in [3.8, 4) is 0 Å². The minimum atomic E-state index is -0.338. The first kappa shape index (κ1) is 19.3. The molecule has 0 saturated heterocycles. The maximum absolute atomic E-state index is 13.6. The molecule has 0 spiro atoms. The van der Waals surface area contributed by atoms with Crippen molar-refractivity contribution in [3.05, 3.63) is 99.9 Å². The van der Waals surface area contributed by atoms with Crippen LogP contribution in [0.4, 0.5) is 11.4 Å². The van der Waals surface area contributed by atoms with E-state index < -0.39 is 0 Å². The molecular weight excluding hydrogens is 404 g/mol. The average Bonchev–Trinajstić information content (AvgIpc) is 3.38. The van der Waals surface area contributed by atoms with Crippen LogP contribution in [0.3, 0.4) is 0 Å². The van der Waals surface area contributed by atoms with Crippen LogP contribution in [0.15, 0.2) is 83.9 Å². The largest absolute Gasteiger partial charge is 0.350 e. The van der Waals surface area contributed by atoms with Crippen molar-refractivity contribution in [3.63, 3.8) is 0 Å². The Bertz CT molecular complexity index is 1360. The van der Waals surface area contributed by atoms with E-state index >= 15 is 0 Å². The molecule has 1 aliphatic rings. The van der Waals surface area contributed by atoms with Crippen molar-refractivity contribution in [2.75, 3.05) is 10.2 Å². The molecule has 4 aromatic rings. The number of carbonyl (C=O) groups excluding carboxylic acids is 2. The molecule has 0 unspecified atom stereocenters. The van der Waals surface area contributed by atoms with Gasteiger partial charge in [-0.15, -0.1) is 11.3 Å². The van der Waals surface area contributed by atoms with Gasteiger partial charge in [0, 0.05) is 16.0 Å². The van der Waals surface area contributed by atoms with E-state index in [-0.39, 0.29) is 11.8 Å². The maximum atomic E-state index is 13.6. The number of hydrogen-bond donors (Lipinski definition) is 1. The number of hydrogen-bond acceptors (Lipinski definition) is 4. The summed E-state index contributed by atoms with van der Waals surface area (Å²) in [5.74, 6) is -0.640. The lowest BCUT2D eigenvalue weighted by Gasteiger charge is -2.19. The molecule has 4 nitrogen and oxygen atoms in total. The number of fused-ring (bicyclic) bond motifs is 1. The van der Waals surface area contributed by atoms with Crippen molar-refractivity contribution in [1.29, 1.82) is 0 Å². The number of nitrogens with one attached hydrogen (secondary N) is 1. The van der Waals surface area contributed by atoms with Crippen LogP contribution in [-0.4, -0.2) is 11.8 Å². The van der Waals surface area contributed by atoms with Crippen molar-refractivity contribution in [1.82, 2.24) is 0 Å². The van der Waals surface area contributed by atoms with E-state index in [1.807, 2.05) is 92.0 Å². The minimum absolute atomic E-state index is 0.302. The zero-order chi connectivity index (χ0) is 21.5. The molecule has 31 heavy (non-hydrogen) atoms. The molecular formula is C26H20N2O2S. The molecule has 0 atom stereocenters. The summed E-state index contributed by atoms with van der Waals surface area (Å²) in [5.41, 5.74) is 4.09. The summed E-state index contributed by atoms with van der Waals surface area (Å²) in [6.07, 6.45) is 0. The van der Waals surface area contributed by atoms with Crippen molar-refractivity contribution >= 4 is 50.9 Å². The van der Waals surface area contributed by atoms with Gasteiger partial charge in [0.25, 0.3) is 11.8 Å². The number of rotatable bonds is 4. The number of amides is 2. The number of nitrogens with zero attached hydrogens (tertiary/aromatic N) is 1. The lowest BCUT2D eigenvalue weighted by Crippen LogP contribution is -2.33. The number of anilines is 2. The summed E-state index contributed by atoms with van der Waals surface area (Å²) in [6, 6.07) is 23.3. The van der Waals surface area contributed by atoms with Crippen molar-refractivity contribution in [2.24, 2.45) is 0 Å². The van der Waals surface area contributed by atoms with Crippen LogP contribution in [0.1, 0.15) is 16.0 Å². The first-order valence-corrected chi connectivity index (χ1v) is 10.9. The average molecular weight is 425 g/mol. The van der Waals surface area contributed by atoms with Crippen molar-refractivity contribution < 1.29 is 9.59 Å². The molecule has 0 aliphatic carbocycles. The van der Waals surface area contributed by atoms with Crippen LogP contribution in [0, 0.1) is 13.8 Å². The van der Waals surface area contributed by atoms with Crippen LogP contribution in [-0.2, 0) is 9.59 Å². The van der Waals surface area contributed by atoms with Crippen LogP contribution in [0.5, 0.6) is 0 Å². The van der Waals surface area contributed by atoms with Gasteiger partial charge in [-0.05, 0) is 53.9 Å². The lowest BCUT2D eigenvalue weighted by molar-refractivity contribution is -0.120. The van der Waals surface area contributed by atoms with Gasteiger partial charge in [-0.2, -0.15) is 0 Å². The van der Waals surface area contributed by atoms with Gasteiger partial charge in [0.15, 0.2) is 0 Å². The molecule has 1 aromatic heterocycles. The summed E-state index contributed by atoms with van der Waals surface area (Å²) < 4.78 is 0. The fourth-order valence-corrected chi connectivity index (χ4v) is 4.73. The molecule has 0 bridgehead atoms. The van der Waals surface area contributed by atoms with Crippen LogP contribution < -0.4 is 10.2 Å². The first-order chi connectivity index (χ1) is 15.1. The Morgan fingerprint density at radius 2 is 1.58 bits per heavy atom. The van der Waals surface area contributed by atoms with Gasteiger partial charge in [0.1, 0.15) is 5.70 Å². The van der Waals surface area contributed by atoms with E-state index in [4.69, 9.17) is 0 Å². The Kier molecular flexibility index (Phi) is 4.68. The first-order valence-electron chi connectivity index (χ1n) is 10.0. The van der Waals surface area contributed by atoms with Crippen LogP contribution in [0.2, 0.25) is 0 Å². The zero-order valence-corrected chi connectivity index (χ0v) is 18.0. The predicted molar refractivity (Wildman–Crippen MR) is 127 cm³/mol. The summed E-state index contributed by atoms with van der Waals surface area (Å²) in [4.78, 5) is 29.2. The SMILES string of the molecule is Cc1cccc(N2C(=O)C(Nc3cccc4ccccc34)=C(c3cccs3)C2=O)c1C. The number of thiophene rings is 1. The standard InChI is InChI=1S/C26H20N2O2S/c1-16-8-5-13-21(17(16)2)28-25(29)23(22-14-7-15-31-22)24(26(28)30)27-20-12-6-10-18-9-3-4-11-19(18)20/h3-15,27H,1-2H3. The van der Waals surface area contributed by atoms with E-state index in [2.05, 4.69) is 5.32 Å². The number of carbonyl (C=O) groups is 2. The highest BCUT2D eigenvalue weighted by Gasteiger charge is 2.41. The van der Waals surface area contributed by atoms with Crippen molar-refractivity contribution in [2.45, 2.75) is 13.8 Å². The maximum Gasteiger partial charge on any atom is 0.282 e. The third-order valence-corrected chi connectivity index (χ3v) is 6.61. The highest BCUT2D eigenvalue weighted by atomic mass is 32.1. The van der Waals surface area contributed by atoms with Crippen LogP contribution in [0.25, 0.3) is 16.3 Å². The highest BCUT2D eigenvalue weighted by Crippen LogP contribution is 2.38. The molecule has 0 fully saturated rings. The fraction of sp³-hybridized carbons (Fsp3) is 0.0769. The fourth-order valence-electron chi connectivity index (χ4n) is 3.96. The third-order valence-electron chi connectivity index (χ3n) is 5.72. The lowest BCUT2D eigenvalue weighted by atomic mass is 10.1. The second-order valence-electron chi connectivity index (χ2n) is 7.54. The molecule has 0 radical (unpaired) electrons. The molecule has 5 rings (SSSR count). The summed E-state index contributed by atoms with van der Waals surface area (Å²) >= 11 is 1.45. The summed E-state index contributed by atoms with van der Waals surface area (Å²) in [6.45, 7) is 3.92. The Hall–Kier alpha value is -3.70. The number of imide groups is 1. The predicted octanol–water partition coefficient (Wildman–Crippen LogP) is 5.91. The molecule has 2 amide bonds. The van der Waals surface area contributed by atoms with E-state index in [0.717, 1.165) is 32.5 Å². The van der Waals surface area contributed by atoms with Gasteiger partial charge < -0.3 is 5.32 Å². The summed E-state index contributed by atoms with van der Waals surface area (Å²) in [5, 5.41) is 7.28. The Balaban J connectivity index is 1.66. The van der Waals surface area contributed by atoms with Crippen LogP contribution >= 0.6 is 11.3 Å². The van der Waals surface area contributed by atoms with E-state index in [1.165, 1.54) is 16.2 Å². The third kappa shape index (κ3) is 3.14. The topological polar surface area (TPSA) is 49.4 Å². The highest BCUT2D eigenvalue weighted by molar-refractivity contribution is 7.11. The smallest absolute Gasteiger partial charge is 0.282 e. The van der Waals surface area contributed by atoms with Gasteiger partial charge in [-0.25, -0.2) is 4.90 Å². The van der Waals surface area contributed by atoms with Gasteiger partial charge in [-0.3, -0.25) is 9.59 Å². The van der Waals surface area contributed by atoms with E-state index in [1.54, 1.807) is 0 Å².